The van der Waals surface area contributed by atoms with Crippen LogP contribution >= 0.6 is 0 Å². The van der Waals surface area contributed by atoms with Crippen LogP contribution in [0.4, 0.5) is 0 Å². The molecule has 5 N–H and O–H groups in total. The minimum absolute atomic E-state index is 0.0272. The van der Waals surface area contributed by atoms with Gasteiger partial charge >= 0.3 is 11.9 Å². The molecule has 0 unspecified atom stereocenters. The molecule has 0 aliphatic rings. The first-order chi connectivity index (χ1) is 17.0. The van der Waals surface area contributed by atoms with Crippen molar-refractivity contribution in [3.05, 3.63) is 23.0 Å². The van der Waals surface area contributed by atoms with Crippen LogP contribution in [0.3, 0.4) is 0 Å². The van der Waals surface area contributed by atoms with E-state index in [2.05, 4.69) is 36.7 Å². The fourth-order valence-corrected chi connectivity index (χ4v) is 1.91. The highest BCUT2D eigenvalue weighted by atomic mass is 16.6. The average molecular weight is 529 g/mol. The summed E-state index contributed by atoms with van der Waals surface area (Å²) in [6.07, 6.45) is 0.843. The molecule has 0 heterocycles. The van der Waals surface area contributed by atoms with Gasteiger partial charge in [-0.3, -0.25) is 24.0 Å². The van der Waals surface area contributed by atoms with E-state index in [4.69, 9.17) is 15.2 Å². The molecule has 214 valence electrons. The van der Waals surface area contributed by atoms with Crippen LogP contribution in [0.2, 0.25) is 0 Å². The number of nitrogens with one attached hydrogen (secondary N) is 3. The molecule has 0 atom stereocenters. The van der Waals surface area contributed by atoms with Crippen molar-refractivity contribution in [2.24, 2.45) is 11.7 Å². The molecule has 0 aliphatic carbocycles. The highest BCUT2D eigenvalue weighted by Gasteiger charge is 2.19. The number of ether oxygens (including phenoxy) is 2. The summed E-state index contributed by atoms with van der Waals surface area (Å²) in [5.41, 5.74) is 5.12. The van der Waals surface area contributed by atoms with E-state index >= 15 is 0 Å². The van der Waals surface area contributed by atoms with Crippen molar-refractivity contribution in [2.45, 2.75) is 88.2 Å². The van der Waals surface area contributed by atoms with E-state index in [1.54, 1.807) is 41.5 Å². The van der Waals surface area contributed by atoms with Crippen molar-refractivity contribution in [1.29, 1.82) is 0 Å². The highest BCUT2D eigenvalue weighted by molar-refractivity contribution is 6.00. The van der Waals surface area contributed by atoms with Gasteiger partial charge in [-0.05, 0) is 59.1 Å². The van der Waals surface area contributed by atoms with Gasteiger partial charge < -0.3 is 31.2 Å². The molecule has 0 rings (SSSR count). The molecule has 0 aromatic heterocycles. The van der Waals surface area contributed by atoms with E-state index in [9.17, 15) is 24.0 Å². The van der Waals surface area contributed by atoms with Crippen LogP contribution in [0.1, 0.15) is 82.6 Å². The standard InChI is InChI=1S/C20H32N4O7.C4H10.C2H6/c1-7-30-16(27)11-23-18(28)13(8-9-15(26)31-20(4,5)6)24-14(25)10-22-19(29)17(21)12(2)3;1-4(2)3;1-2/h8H,7,9-11,21H2,1-6H3,(H,22,29)(H,23,28)(H,24,25);4H,1-3H3;1-2H3/b13-8+;;. The normalized spacial score (nSPS) is 10.4. The summed E-state index contributed by atoms with van der Waals surface area (Å²) in [5, 5.41) is 6.88. The maximum absolute atomic E-state index is 12.4. The Bertz CT molecular complexity index is 803. The summed E-state index contributed by atoms with van der Waals surface area (Å²) in [7, 11) is 0. The zero-order valence-electron chi connectivity index (χ0n) is 24.4. The van der Waals surface area contributed by atoms with Crippen LogP contribution in [0, 0.1) is 5.92 Å². The van der Waals surface area contributed by atoms with Gasteiger partial charge in [0.1, 0.15) is 17.8 Å². The molecule has 11 nitrogen and oxygen atoms in total. The maximum atomic E-state index is 12.4. The van der Waals surface area contributed by atoms with E-state index in [0.717, 1.165) is 12.0 Å². The number of carbonyl (C=O) groups excluding carboxylic acids is 5. The van der Waals surface area contributed by atoms with E-state index in [1.165, 1.54) is 0 Å². The molecule has 0 saturated carbocycles. The summed E-state index contributed by atoms with van der Waals surface area (Å²) in [5.74, 6) is -2.65. The van der Waals surface area contributed by atoms with Crippen LogP contribution in [0.25, 0.3) is 0 Å². The van der Waals surface area contributed by atoms with Gasteiger partial charge in [0.2, 0.25) is 5.91 Å². The number of hydrogen-bond donors (Lipinski definition) is 4. The van der Waals surface area contributed by atoms with Crippen molar-refractivity contribution >= 4 is 29.7 Å². The lowest BCUT2D eigenvalue weighted by molar-refractivity contribution is -0.153. The second-order valence-corrected chi connectivity index (χ2v) is 9.27. The summed E-state index contributed by atoms with van der Waals surface area (Å²) >= 11 is 0. The predicted molar refractivity (Wildman–Crippen MR) is 144 cm³/mol. The lowest BCUT2D eigenvalue weighted by atomic mass is 10.2. The van der Waals surface area contributed by atoms with Crippen LogP contribution < -0.4 is 21.7 Å². The Hall–Kier alpha value is -3.37. The molecule has 37 heavy (non-hydrogen) atoms. The molecule has 0 spiro atoms. The molecular formula is C26H48N4O7. The van der Waals surface area contributed by atoms with E-state index in [-0.39, 0.29) is 24.4 Å². The number of carbonyl (C=O) groups is 5. The second kappa shape index (κ2) is 20.8. The zero-order valence-corrected chi connectivity index (χ0v) is 24.4. The third-order valence-electron chi connectivity index (χ3n) is 3.30. The Morgan fingerprint density at radius 2 is 1.38 bits per heavy atom. The lowest BCUT2D eigenvalue weighted by Crippen LogP contribution is -2.42. The fraction of sp³-hybridized carbons (Fsp3) is 0.654. The first-order valence-electron chi connectivity index (χ1n) is 12.4. The minimum Gasteiger partial charge on any atom is -0.465 e. The molecule has 3 amide bonds. The van der Waals surface area contributed by atoms with Crippen LogP contribution in [-0.2, 0) is 33.4 Å². The third kappa shape index (κ3) is 24.1. The number of amides is 3. The van der Waals surface area contributed by atoms with Crippen molar-refractivity contribution < 1.29 is 33.4 Å². The highest BCUT2D eigenvalue weighted by Crippen LogP contribution is 2.09. The molecular weight excluding hydrogens is 480 g/mol. The quantitative estimate of drug-likeness (QED) is 0.248. The van der Waals surface area contributed by atoms with E-state index in [0.29, 0.717) is 5.57 Å². The molecule has 0 aromatic carbocycles. The number of nitrogens with two attached hydrogens (primary N) is 1. The molecule has 0 bridgehead atoms. The van der Waals surface area contributed by atoms with Gasteiger partial charge in [-0.2, -0.15) is 0 Å². The Morgan fingerprint density at radius 1 is 0.892 bits per heavy atom. The van der Waals surface area contributed by atoms with Crippen molar-refractivity contribution in [3.8, 4) is 0 Å². The number of rotatable bonds is 10. The first kappa shape index (κ1) is 38.2. The van der Waals surface area contributed by atoms with Crippen molar-refractivity contribution in [2.75, 3.05) is 19.7 Å². The summed E-state index contributed by atoms with van der Waals surface area (Å²) < 4.78 is 9.87. The second-order valence-electron chi connectivity index (χ2n) is 9.27. The minimum atomic E-state index is -0.819. The number of allylic oxidation sites excluding steroid dienone is 1. The van der Waals surface area contributed by atoms with Gasteiger partial charge in [0.15, 0.2) is 0 Å². The molecule has 0 aliphatic heterocycles. The molecule has 0 aromatic rings. The van der Waals surface area contributed by atoms with Gasteiger partial charge in [0, 0.05) is 0 Å². The van der Waals surface area contributed by atoms with Crippen molar-refractivity contribution in [3.63, 3.8) is 0 Å². The first-order valence-corrected chi connectivity index (χ1v) is 12.4. The van der Waals surface area contributed by atoms with Gasteiger partial charge in [-0.1, -0.05) is 34.6 Å². The predicted octanol–water partition coefficient (Wildman–Crippen LogP) is 2.45. The van der Waals surface area contributed by atoms with Gasteiger partial charge in [0.25, 0.3) is 11.8 Å². The molecule has 0 radical (unpaired) electrons. The average Bonchev–Trinajstić information content (AvgIpc) is 2.77. The van der Waals surface area contributed by atoms with E-state index < -0.39 is 48.4 Å². The third-order valence-corrected chi connectivity index (χ3v) is 3.30. The zero-order chi connectivity index (χ0) is 29.8. The van der Waals surface area contributed by atoms with Gasteiger partial charge in [-0.15, -0.1) is 0 Å². The Balaban J connectivity index is -0.00000174. The van der Waals surface area contributed by atoms with Crippen LogP contribution in [0.15, 0.2) is 23.0 Å². The Morgan fingerprint density at radius 3 is 1.81 bits per heavy atom. The lowest BCUT2D eigenvalue weighted by Gasteiger charge is -2.19. The summed E-state index contributed by atoms with van der Waals surface area (Å²) in [6, 6.07) is 0. The summed E-state index contributed by atoms with van der Waals surface area (Å²) in [6.45, 7) is 19.7. The van der Waals surface area contributed by atoms with Gasteiger partial charge in [0.05, 0.1) is 25.3 Å². The number of hydrogen-bond acceptors (Lipinski definition) is 8. The molecule has 0 fully saturated rings. The van der Waals surface area contributed by atoms with E-state index in [1.807, 2.05) is 13.8 Å². The monoisotopic (exact) mass is 528 g/mol. The summed E-state index contributed by atoms with van der Waals surface area (Å²) in [4.78, 5) is 59.7. The SMILES string of the molecule is CC.CC(C)C.CCOC(=O)CNC(=O)/C(=C\CC(=O)OC(C)(C)C)NC(=O)CNC(=O)C(N)=C(C)C. The Kier molecular flexibility index (Phi) is 21.4. The van der Waals surface area contributed by atoms with Gasteiger partial charge in [-0.25, -0.2) is 0 Å². The Labute approximate surface area is 222 Å². The molecule has 11 heteroatoms. The maximum Gasteiger partial charge on any atom is 0.325 e. The van der Waals surface area contributed by atoms with Crippen LogP contribution in [-0.4, -0.2) is 55.0 Å². The number of esters is 2. The largest absolute Gasteiger partial charge is 0.465 e. The smallest absolute Gasteiger partial charge is 0.325 e. The topological polar surface area (TPSA) is 166 Å². The molecule has 0 saturated heterocycles. The van der Waals surface area contributed by atoms with Crippen LogP contribution in [0.5, 0.6) is 0 Å². The fourth-order valence-electron chi connectivity index (χ4n) is 1.91. The van der Waals surface area contributed by atoms with Crippen molar-refractivity contribution in [1.82, 2.24) is 16.0 Å².